The van der Waals surface area contributed by atoms with Crippen molar-refractivity contribution in [2.45, 2.75) is 43.8 Å². The number of aromatic nitrogens is 2. The number of hydrogen-bond donors (Lipinski definition) is 1. The van der Waals surface area contributed by atoms with Crippen LogP contribution in [0.25, 0.3) is 0 Å². The summed E-state index contributed by atoms with van der Waals surface area (Å²) in [6.07, 6.45) is 9.48. The van der Waals surface area contributed by atoms with E-state index < -0.39 is 0 Å². The first-order valence-corrected chi connectivity index (χ1v) is 10.3. The average Bonchev–Trinajstić information content (AvgIpc) is 3.26. The van der Waals surface area contributed by atoms with E-state index in [1.807, 2.05) is 25.2 Å². The lowest BCUT2D eigenvalue weighted by Crippen LogP contribution is -2.44. The fourth-order valence-corrected chi connectivity index (χ4v) is 5.38. The van der Waals surface area contributed by atoms with E-state index in [1.54, 1.807) is 6.20 Å². The Morgan fingerprint density at radius 3 is 2.96 bits per heavy atom. The zero-order valence-electron chi connectivity index (χ0n) is 16.2. The molecule has 3 saturated heterocycles. The molecule has 0 unspecified atom stereocenters. The Morgan fingerprint density at radius 1 is 1.37 bits per heavy atom. The number of ether oxygens (including phenoxy) is 1. The molecule has 27 heavy (non-hydrogen) atoms. The highest BCUT2D eigenvalue weighted by Gasteiger charge is 2.63. The number of fused-ring (bicyclic) bond motifs is 1. The van der Waals surface area contributed by atoms with Crippen LogP contribution in [-0.4, -0.2) is 61.3 Å². The summed E-state index contributed by atoms with van der Waals surface area (Å²) in [5.41, 5.74) is -0.0632. The second-order valence-corrected chi connectivity index (χ2v) is 8.91. The summed E-state index contributed by atoms with van der Waals surface area (Å²) in [7, 11) is 3.97. The van der Waals surface area contributed by atoms with Crippen molar-refractivity contribution in [2.75, 3.05) is 43.5 Å². The predicted octanol–water partition coefficient (Wildman–Crippen LogP) is 1.44. The van der Waals surface area contributed by atoms with Crippen LogP contribution in [0.1, 0.15) is 32.1 Å². The Morgan fingerprint density at radius 2 is 2.22 bits per heavy atom. The van der Waals surface area contributed by atoms with Crippen LogP contribution in [0.5, 0.6) is 0 Å². The molecule has 4 aliphatic rings. The molecule has 1 aromatic heterocycles. The Labute approximate surface area is 160 Å². The third kappa shape index (κ3) is 2.78. The van der Waals surface area contributed by atoms with Gasteiger partial charge in [-0.25, -0.2) is 4.98 Å². The maximum Gasteiger partial charge on any atom is 0.223 e. The smallest absolute Gasteiger partial charge is 0.223 e. The van der Waals surface area contributed by atoms with Crippen LogP contribution in [0.4, 0.5) is 11.6 Å². The number of amides is 1. The topological polar surface area (TPSA) is 70.6 Å². The molecule has 1 saturated carbocycles. The van der Waals surface area contributed by atoms with E-state index in [9.17, 15) is 4.79 Å². The minimum absolute atomic E-state index is 0.0632. The standard InChI is InChI=1S/C20H29N5O2/c1-24(2)17-9-21-10-18(23-17)25-11-15-14(8-22-19(26)13-4-3-5-13)16-6-7-20(15,12-25)27-16/h9-10,13-16H,3-8,11-12H2,1-2H3,(H,22,26)/t14-,15+,16+,20+/m0/s1. The van der Waals surface area contributed by atoms with Crippen LogP contribution in [0.2, 0.25) is 0 Å². The van der Waals surface area contributed by atoms with E-state index in [-0.39, 0.29) is 17.4 Å². The second-order valence-electron chi connectivity index (χ2n) is 8.91. The summed E-state index contributed by atoms with van der Waals surface area (Å²) in [4.78, 5) is 25.7. The lowest BCUT2D eigenvalue weighted by Gasteiger charge is -2.30. The molecule has 1 aromatic rings. The Kier molecular flexibility index (Phi) is 4.04. The highest BCUT2D eigenvalue weighted by molar-refractivity contribution is 5.79. The van der Waals surface area contributed by atoms with E-state index in [2.05, 4.69) is 15.2 Å². The zero-order valence-corrected chi connectivity index (χ0v) is 16.2. The number of rotatable bonds is 5. The van der Waals surface area contributed by atoms with Gasteiger partial charge in [-0.05, 0) is 25.7 Å². The molecule has 1 amide bonds. The van der Waals surface area contributed by atoms with E-state index in [0.717, 1.165) is 57.0 Å². The van der Waals surface area contributed by atoms with Crippen molar-refractivity contribution >= 4 is 17.5 Å². The normalized spacial score (nSPS) is 34.4. The van der Waals surface area contributed by atoms with Crippen molar-refractivity contribution in [3.05, 3.63) is 12.4 Å². The Balaban J connectivity index is 1.30. The quantitative estimate of drug-likeness (QED) is 0.845. The van der Waals surface area contributed by atoms with Crippen LogP contribution in [-0.2, 0) is 9.53 Å². The molecule has 7 heteroatoms. The van der Waals surface area contributed by atoms with E-state index in [1.165, 1.54) is 6.42 Å². The molecule has 4 atom stereocenters. The first-order valence-electron chi connectivity index (χ1n) is 10.3. The largest absolute Gasteiger partial charge is 0.369 e. The summed E-state index contributed by atoms with van der Waals surface area (Å²) >= 11 is 0. The summed E-state index contributed by atoms with van der Waals surface area (Å²) in [5, 5.41) is 3.23. The van der Waals surface area contributed by atoms with Gasteiger partial charge in [-0.1, -0.05) is 6.42 Å². The fourth-order valence-electron chi connectivity index (χ4n) is 5.38. The maximum atomic E-state index is 12.3. The molecular formula is C20H29N5O2. The number of hydrogen-bond acceptors (Lipinski definition) is 6. The van der Waals surface area contributed by atoms with Gasteiger partial charge in [-0.3, -0.25) is 9.78 Å². The molecule has 4 heterocycles. The highest BCUT2D eigenvalue weighted by Crippen LogP contribution is 2.55. The molecule has 1 spiro atoms. The molecule has 3 aliphatic heterocycles. The van der Waals surface area contributed by atoms with E-state index in [0.29, 0.717) is 17.9 Å². The van der Waals surface area contributed by atoms with E-state index >= 15 is 0 Å². The Hall–Kier alpha value is -1.89. The van der Waals surface area contributed by atoms with Crippen molar-refractivity contribution in [1.29, 1.82) is 0 Å². The highest BCUT2D eigenvalue weighted by atomic mass is 16.5. The minimum Gasteiger partial charge on any atom is -0.369 e. The van der Waals surface area contributed by atoms with Crippen LogP contribution in [0, 0.1) is 17.8 Å². The first kappa shape index (κ1) is 17.2. The van der Waals surface area contributed by atoms with Gasteiger partial charge in [0.2, 0.25) is 5.91 Å². The molecular weight excluding hydrogens is 342 g/mol. The van der Waals surface area contributed by atoms with Gasteiger partial charge in [-0.15, -0.1) is 0 Å². The predicted molar refractivity (Wildman–Crippen MR) is 103 cm³/mol. The molecule has 0 radical (unpaired) electrons. The van der Waals surface area contributed by atoms with Gasteiger partial charge in [-0.2, -0.15) is 0 Å². The van der Waals surface area contributed by atoms with Gasteiger partial charge >= 0.3 is 0 Å². The summed E-state index contributed by atoms with van der Waals surface area (Å²) in [6, 6.07) is 0. The zero-order chi connectivity index (χ0) is 18.6. The molecule has 4 fully saturated rings. The SMILES string of the molecule is CN(C)c1cncc(N2C[C@@H]3[C@H](CNC(=O)C4CCC4)[C@H]4CC[C@]3(C2)O4)n1. The average molecular weight is 371 g/mol. The maximum absolute atomic E-state index is 12.3. The van der Waals surface area contributed by atoms with Crippen LogP contribution in [0.15, 0.2) is 12.4 Å². The third-order valence-corrected chi connectivity index (χ3v) is 7.16. The second kappa shape index (κ2) is 6.33. The Bertz CT molecular complexity index is 737. The number of anilines is 2. The van der Waals surface area contributed by atoms with Crippen molar-refractivity contribution in [3.63, 3.8) is 0 Å². The fraction of sp³-hybridized carbons (Fsp3) is 0.750. The van der Waals surface area contributed by atoms with Gasteiger partial charge in [0.1, 0.15) is 11.6 Å². The van der Waals surface area contributed by atoms with Gasteiger partial charge in [0.25, 0.3) is 0 Å². The van der Waals surface area contributed by atoms with Crippen molar-refractivity contribution in [2.24, 2.45) is 17.8 Å². The van der Waals surface area contributed by atoms with Gasteiger partial charge in [0.05, 0.1) is 24.1 Å². The van der Waals surface area contributed by atoms with E-state index in [4.69, 9.17) is 9.72 Å². The molecule has 0 aromatic carbocycles. The number of carbonyl (C=O) groups excluding carboxylic acids is 1. The van der Waals surface area contributed by atoms with Crippen LogP contribution in [0.3, 0.4) is 0 Å². The van der Waals surface area contributed by atoms with Gasteiger partial charge in [0, 0.05) is 51.5 Å². The molecule has 1 N–H and O–H groups in total. The van der Waals surface area contributed by atoms with Crippen molar-refractivity contribution in [1.82, 2.24) is 15.3 Å². The monoisotopic (exact) mass is 371 g/mol. The first-order chi connectivity index (χ1) is 13.1. The summed E-state index contributed by atoms with van der Waals surface area (Å²) in [5.74, 6) is 3.17. The molecule has 5 rings (SSSR count). The summed E-state index contributed by atoms with van der Waals surface area (Å²) in [6.45, 7) is 2.57. The van der Waals surface area contributed by atoms with Gasteiger partial charge in [0.15, 0.2) is 0 Å². The number of carbonyl (C=O) groups is 1. The van der Waals surface area contributed by atoms with Crippen molar-refractivity contribution < 1.29 is 9.53 Å². The number of nitrogens with one attached hydrogen (secondary N) is 1. The minimum atomic E-state index is -0.0632. The molecule has 146 valence electrons. The third-order valence-electron chi connectivity index (χ3n) is 7.16. The van der Waals surface area contributed by atoms with Gasteiger partial charge < -0.3 is 19.9 Å². The molecule has 1 aliphatic carbocycles. The molecule has 2 bridgehead atoms. The number of nitrogens with zero attached hydrogens (tertiary/aromatic N) is 4. The molecule has 7 nitrogen and oxygen atoms in total. The van der Waals surface area contributed by atoms with Crippen molar-refractivity contribution in [3.8, 4) is 0 Å². The lowest BCUT2D eigenvalue weighted by molar-refractivity contribution is -0.127. The lowest BCUT2D eigenvalue weighted by atomic mass is 9.73. The van der Waals surface area contributed by atoms with Crippen LogP contribution >= 0.6 is 0 Å². The summed E-state index contributed by atoms with van der Waals surface area (Å²) < 4.78 is 6.51. The van der Waals surface area contributed by atoms with Crippen LogP contribution < -0.4 is 15.1 Å².